The van der Waals surface area contributed by atoms with Gasteiger partial charge in [0.1, 0.15) is 0 Å². The second-order valence-electron chi connectivity index (χ2n) is 5.48. The number of carbonyl (C=O) groups excluding carboxylic acids is 1. The Hall–Kier alpha value is -1.38. The Morgan fingerprint density at radius 1 is 1.19 bits per heavy atom. The van der Waals surface area contributed by atoms with Crippen molar-refractivity contribution in [3.63, 3.8) is 0 Å². The zero-order valence-electron chi connectivity index (χ0n) is 14.2. The van der Waals surface area contributed by atoms with Crippen molar-refractivity contribution in [2.45, 2.75) is 19.3 Å². The van der Waals surface area contributed by atoms with Gasteiger partial charge >= 0.3 is 168 Å². The second-order valence-corrected chi connectivity index (χ2v) is 11.2. The summed E-state index contributed by atoms with van der Waals surface area (Å²) in [6, 6.07) is 3.87. The van der Waals surface area contributed by atoms with Crippen LogP contribution >= 0.6 is 11.8 Å². The fourth-order valence-corrected chi connectivity index (χ4v) is 6.53. The molecular weight excluding hydrogens is 484 g/mol. The first-order chi connectivity index (χ1) is 12.6. The maximum atomic E-state index is 12.1. The minimum absolute atomic E-state index is 0.0192. The van der Waals surface area contributed by atoms with E-state index in [1.165, 1.54) is 0 Å². The first kappa shape index (κ1) is 19.4. The average Bonchev–Trinajstić information content (AvgIpc) is 3.31. The van der Waals surface area contributed by atoms with E-state index in [9.17, 15) is 4.79 Å². The Balaban J connectivity index is 1.36. The van der Waals surface area contributed by atoms with Crippen molar-refractivity contribution in [2.75, 3.05) is 22.6 Å². The molecule has 138 valence electrons. The van der Waals surface area contributed by atoms with E-state index in [1.807, 2.05) is 41.7 Å². The Bertz CT molecular complexity index is 860. The molecule has 3 aromatic rings. The molecule has 0 aliphatic carbocycles. The number of hydrogen-bond donors (Lipinski definition) is 2. The molecule has 1 amide bonds. The Labute approximate surface area is 167 Å². The minimum atomic E-state index is -0.0426. The van der Waals surface area contributed by atoms with Gasteiger partial charge in [0.2, 0.25) is 0 Å². The van der Waals surface area contributed by atoms with Gasteiger partial charge in [-0.1, -0.05) is 0 Å². The third-order valence-corrected chi connectivity index (χ3v) is 8.08. The van der Waals surface area contributed by atoms with Crippen LogP contribution in [0.2, 0.25) is 0 Å². The predicted octanol–water partition coefficient (Wildman–Crippen LogP) is 0.000900. The van der Waals surface area contributed by atoms with Crippen molar-refractivity contribution in [1.82, 2.24) is 25.0 Å². The summed E-state index contributed by atoms with van der Waals surface area (Å²) in [4.78, 5) is 12.1. The van der Waals surface area contributed by atoms with Gasteiger partial charge in [-0.05, 0) is 0 Å². The van der Waals surface area contributed by atoms with Gasteiger partial charge < -0.3 is 0 Å². The number of nitrogens with zero attached hydrogens (tertiary/aromatic N) is 5. The fourth-order valence-electron chi connectivity index (χ4n) is 2.20. The van der Waals surface area contributed by atoms with Gasteiger partial charge in [0.15, 0.2) is 0 Å². The van der Waals surface area contributed by atoms with E-state index in [4.69, 9.17) is 5.73 Å². The summed E-state index contributed by atoms with van der Waals surface area (Å²) in [5.74, 6) is 1.97. The van der Waals surface area contributed by atoms with Crippen LogP contribution in [0.25, 0.3) is 0 Å². The van der Waals surface area contributed by atoms with Crippen LogP contribution in [0.3, 0.4) is 0 Å². The number of aromatic nitrogens is 5. The molecule has 8 nitrogen and oxygen atoms in total. The average molecular weight is 503 g/mol. The molecule has 3 rings (SSSR count). The van der Waals surface area contributed by atoms with Gasteiger partial charge in [0.25, 0.3) is 0 Å². The van der Waals surface area contributed by atoms with Crippen molar-refractivity contribution >= 4 is 56.1 Å². The van der Waals surface area contributed by atoms with Crippen LogP contribution in [-0.4, -0.2) is 71.4 Å². The number of anilines is 2. The van der Waals surface area contributed by atoms with E-state index in [-0.39, 0.29) is 34.9 Å². The molecule has 0 spiro atoms. The fraction of sp³-hybridized carbons (Fsp3) is 0.400. The number of rotatable bonds is 9. The summed E-state index contributed by atoms with van der Waals surface area (Å²) in [7, 11) is 1.93. The number of carbonyl (C=O) groups is 1. The first-order valence-electron chi connectivity index (χ1n) is 7.98. The topological polar surface area (TPSA) is 112 Å². The molecule has 0 aliphatic heterocycles. The predicted molar refractivity (Wildman–Crippen MR) is 105 cm³/mol. The second kappa shape index (κ2) is 9.52. The maximum absolute atomic E-state index is 12.1. The number of hydrogen-bond acceptors (Lipinski definition) is 7. The number of thioether (sulfide) groups is 1. The third kappa shape index (κ3) is 5.82. The molecule has 0 bridgehead atoms. The van der Waals surface area contributed by atoms with Gasteiger partial charge in [0.05, 0.1) is 0 Å². The van der Waals surface area contributed by atoms with Gasteiger partial charge in [-0.15, -0.1) is 0 Å². The van der Waals surface area contributed by atoms with Gasteiger partial charge in [-0.3, -0.25) is 0 Å². The first-order valence-corrected chi connectivity index (χ1v) is 12.6. The molecule has 3 heterocycles. The molecule has 3 N–H and O–H groups in total. The molecule has 0 aromatic carbocycles. The molecule has 26 heavy (non-hydrogen) atoms. The molecule has 0 saturated heterocycles. The molecule has 0 saturated carbocycles. The monoisotopic (exact) mass is 505 g/mol. The summed E-state index contributed by atoms with van der Waals surface area (Å²) >= 11 is 2.04. The van der Waals surface area contributed by atoms with Crippen molar-refractivity contribution in [1.29, 1.82) is 0 Å². The van der Waals surface area contributed by atoms with Crippen LogP contribution in [-0.2, 0) is 31.1 Å². The van der Waals surface area contributed by atoms with Crippen molar-refractivity contribution in [3.8, 4) is 0 Å². The number of nitrogen functional groups attached to an aromatic ring is 1. The third-order valence-electron chi connectivity index (χ3n) is 3.51. The standard InChI is InChI=1S/C15H19N7OSSe2/c1-22-6-2-3-10(22)9-11(23)17-15-21-19-13(26-15)5-8-24-7-4-12-18-20-14(16)25-12/h2-3,6H,4-5,7-9H2,1H3,(H2,16,20)(H,17,21,23). The van der Waals surface area contributed by atoms with Crippen LogP contribution in [0.4, 0.5) is 9.38 Å². The van der Waals surface area contributed by atoms with Crippen molar-refractivity contribution in [3.05, 3.63) is 33.2 Å². The molecule has 0 aliphatic rings. The zero-order chi connectivity index (χ0) is 18.4. The van der Waals surface area contributed by atoms with E-state index in [2.05, 4.69) is 25.7 Å². The van der Waals surface area contributed by atoms with Crippen LogP contribution in [0.15, 0.2) is 18.3 Å². The van der Waals surface area contributed by atoms with Crippen LogP contribution < -0.4 is 11.1 Å². The summed E-state index contributed by atoms with van der Waals surface area (Å²) < 4.78 is 5.51. The van der Waals surface area contributed by atoms with E-state index in [1.54, 1.807) is 0 Å². The quantitative estimate of drug-likeness (QED) is 0.313. The Kier molecular flexibility index (Phi) is 7.10. The Morgan fingerprint density at radius 2 is 1.92 bits per heavy atom. The summed E-state index contributed by atoms with van der Waals surface area (Å²) in [5.41, 5.74) is 6.61. The van der Waals surface area contributed by atoms with Gasteiger partial charge in [0, 0.05) is 0 Å². The van der Waals surface area contributed by atoms with E-state index in [0.29, 0.717) is 15.8 Å². The molecule has 0 radical (unpaired) electrons. The van der Waals surface area contributed by atoms with Crippen molar-refractivity contribution in [2.24, 2.45) is 7.05 Å². The summed E-state index contributed by atoms with van der Waals surface area (Å²) in [5, 5.41) is 19.2. The molecular formula is C15H19N7OSSe2. The van der Waals surface area contributed by atoms with E-state index >= 15 is 0 Å². The molecule has 0 unspecified atom stereocenters. The van der Waals surface area contributed by atoms with Gasteiger partial charge in [-0.2, -0.15) is 0 Å². The normalized spacial score (nSPS) is 11.0. The number of amides is 1. The van der Waals surface area contributed by atoms with E-state index < -0.39 is 0 Å². The van der Waals surface area contributed by atoms with E-state index in [0.717, 1.165) is 39.2 Å². The zero-order valence-corrected chi connectivity index (χ0v) is 18.5. The SMILES string of the molecule is Cn1cccc1CC(=O)Nc1nnc(CCSCCc2nnc(N)[se]2)[se]1. The molecule has 0 atom stereocenters. The van der Waals surface area contributed by atoms with Crippen molar-refractivity contribution < 1.29 is 4.79 Å². The van der Waals surface area contributed by atoms with Crippen LogP contribution in [0.1, 0.15) is 14.8 Å². The summed E-state index contributed by atoms with van der Waals surface area (Å²) in [6.07, 6.45) is 4.13. The Morgan fingerprint density at radius 3 is 2.58 bits per heavy atom. The molecule has 0 fully saturated rings. The number of aryl methyl sites for hydroxylation is 3. The molecule has 3 aromatic heterocycles. The van der Waals surface area contributed by atoms with Crippen LogP contribution in [0, 0.1) is 0 Å². The number of nitrogens with two attached hydrogens (primary N) is 1. The molecule has 11 heteroatoms. The summed E-state index contributed by atoms with van der Waals surface area (Å²) in [6.45, 7) is 0. The van der Waals surface area contributed by atoms with Crippen LogP contribution in [0.5, 0.6) is 0 Å². The number of nitrogens with one attached hydrogen (secondary N) is 1. The van der Waals surface area contributed by atoms with Gasteiger partial charge in [-0.25, -0.2) is 0 Å².